The third kappa shape index (κ3) is 3.61. The standard InChI is InChI=1S/C11H16N4OS/c1-8-7-17-11(13-8)6-9-14-10(16-15-9)4-2-3-5-12/h7H,2-6,12H2,1H3. The summed E-state index contributed by atoms with van der Waals surface area (Å²) >= 11 is 1.63. The molecule has 92 valence electrons. The summed E-state index contributed by atoms with van der Waals surface area (Å²) in [6.45, 7) is 2.69. The highest BCUT2D eigenvalue weighted by atomic mass is 32.1. The molecule has 0 atom stereocenters. The summed E-state index contributed by atoms with van der Waals surface area (Å²) in [5, 5.41) is 7.00. The first kappa shape index (κ1) is 12.2. The molecule has 0 saturated carbocycles. The van der Waals surface area contributed by atoms with Crippen LogP contribution in [0.2, 0.25) is 0 Å². The smallest absolute Gasteiger partial charge is 0.226 e. The minimum Gasteiger partial charge on any atom is -0.339 e. The van der Waals surface area contributed by atoms with Gasteiger partial charge in [-0.2, -0.15) is 4.98 Å². The molecule has 2 aromatic rings. The van der Waals surface area contributed by atoms with Crippen molar-refractivity contribution in [2.75, 3.05) is 6.54 Å². The van der Waals surface area contributed by atoms with Gasteiger partial charge in [0, 0.05) is 17.5 Å². The molecule has 0 aliphatic rings. The van der Waals surface area contributed by atoms with Crippen LogP contribution in [-0.2, 0) is 12.8 Å². The highest BCUT2D eigenvalue weighted by Crippen LogP contribution is 2.13. The molecule has 0 unspecified atom stereocenters. The molecule has 0 saturated heterocycles. The van der Waals surface area contributed by atoms with E-state index < -0.39 is 0 Å². The van der Waals surface area contributed by atoms with E-state index in [4.69, 9.17) is 10.3 Å². The van der Waals surface area contributed by atoms with Crippen molar-refractivity contribution < 1.29 is 4.52 Å². The Morgan fingerprint density at radius 3 is 2.94 bits per heavy atom. The minimum atomic E-state index is 0.652. The molecule has 2 aromatic heterocycles. The summed E-state index contributed by atoms with van der Waals surface area (Å²) in [5.74, 6) is 1.41. The van der Waals surface area contributed by atoms with Gasteiger partial charge in [-0.25, -0.2) is 4.98 Å². The van der Waals surface area contributed by atoms with E-state index in [1.165, 1.54) is 0 Å². The van der Waals surface area contributed by atoms with Crippen LogP contribution in [0.5, 0.6) is 0 Å². The van der Waals surface area contributed by atoms with E-state index in [0.29, 0.717) is 24.7 Å². The highest BCUT2D eigenvalue weighted by Gasteiger charge is 2.08. The maximum Gasteiger partial charge on any atom is 0.226 e. The van der Waals surface area contributed by atoms with Crippen LogP contribution in [0.4, 0.5) is 0 Å². The lowest BCUT2D eigenvalue weighted by molar-refractivity contribution is 0.370. The molecule has 6 heteroatoms. The average molecular weight is 252 g/mol. The predicted octanol–water partition coefficient (Wildman–Crippen LogP) is 1.71. The second-order valence-electron chi connectivity index (χ2n) is 3.91. The fourth-order valence-corrected chi connectivity index (χ4v) is 2.27. The van der Waals surface area contributed by atoms with E-state index in [0.717, 1.165) is 30.0 Å². The number of rotatable bonds is 6. The van der Waals surface area contributed by atoms with E-state index >= 15 is 0 Å². The van der Waals surface area contributed by atoms with Crippen molar-refractivity contribution in [3.63, 3.8) is 0 Å². The van der Waals surface area contributed by atoms with E-state index in [1.807, 2.05) is 12.3 Å². The zero-order chi connectivity index (χ0) is 12.1. The van der Waals surface area contributed by atoms with Crippen molar-refractivity contribution >= 4 is 11.3 Å². The van der Waals surface area contributed by atoms with Crippen LogP contribution in [0.3, 0.4) is 0 Å². The molecule has 0 bridgehead atoms. The molecule has 2 rings (SSSR count). The number of aryl methyl sites for hydroxylation is 2. The average Bonchev–Trinajstić information content (AvgIpc) is 2.90. The molecular formula is C11H16N4OS. The number of aromatic nitrogens is 3. The summed E-state index contributed by atoms with van der Waals surface area (Å²) < 4.78 is 5.17. The maximum atomic E-state index is 5.43. The van der Waals surface area contributed by atoms with E-state index in [-0.39, 0.29) is 0 Å². The van der Waals surface area contributed by atoms with Crippen LogP contribution in [0.15, 0.2) is 9.90 Å². The molecule has 0 radical (unpaired) electrons. The monoisotopic (exact) mass is 252 g/mol. The fourth-order valence-electron chi connectivity index (χ4n) is 1.50. The Morgan fingerprint density at radius 2 is 2.24 bits per heavy atom. The van der Waals surface area contributed by atoms with Gasteiger partial charge < -0.3 is 10.3 Å². The van der Waals surface area contributed by atoms with Gasteiger partial charge in [-0.3, -0.25) is 0 Å². The molecule has 0 aliphatic heterocycles. The lowest BCUT2D eigenvalue weighted by atomic mass is 10.2. The van der Waals surface area contributed by atoms with Crippen LogP contribution in [-0.4, -0.2) is 21.7 Å². The minimum absolute atomic E-state index is 0.652. The molecule has 2 heterocycles. The third-order valence-corrected chi connectivity index (χ3v) is 3.30. The van der Waals surface area contributed by atoms with Crippen LogP contribution < -0.4 is 5.73 Å². The van der Waals surface area contributed by atoms with Gasteiger partial charge in [-0.1, -0.05) is 5.16 Å². The second-order valence-corrected chi connectivity index (χ2v) is 4.85. The Labute approximate surface area is 104 Å². The summed E-state index contributed by atoms with van der Waals surface area (Å²) in [5.41, 5.74) is 6.47. The predicted molar refractivity (Wildman–Crippen MR) is 65.9 cm³/mol. The zero-order valence-corrected chi connectivity index (χ0v) is 10.7. The van der Waals surface area contributed by atoms with Gasteiger partial charge in [0.15, 0.2) is 5.82 Å². The number of hydrogen-bond donors (Lipinski definition) is 1. The van der Waals surface area contributed by atoms with Crippen molar-refractivity contribution in [1.82, 2.24) is 15.1 Å². The molecule has 2 N–H and O–H groups in total. The lowest BCUT2D eigenvalue weighted by Crippen LogP contribution is -1.99. The van der Waals surface area contributed by atoms with Crippen molar-refractivity contribution in [2.24, 2.45) is 5.73 Å². The van der Waals surface area contributed by atoms with Gasteiger partial charge >= 0.3 is 0 Å². The first-order valence-corrected chi connectivity index (χ1v) is 6.58. The molecule has 5 nitrogen and oxygen atoms in total. The molecule has 0 aliphatic carbocycles. The largest absolute Gasteiger partial charge is 0.339 e. The van der Waals surface area contributed by atoms with Crippen molar-refractivity contribution in [1.29, 1.82) is 0 Å². The molecule has 0 amide bonds. The SMILES string of the molecule is Cc1csc(Cc2noc(CCCCN)n2)n1. The van der Waals surface area contributed by atoms with Gasteiger partial charge in [0.05, 0.1) is 6.42 Å². The normalized spacial score (nSPS) is 10.9. The van der Waals surface area contributed by atoms with E-state index in [9.17, 15) is 0 Å². The summed E-state index contributed by atoms with van der Waals surface area (Å²) in [6.07, 6.45) is 3.44. The number of unbranched alkanes of at least 4 members (excludes halogenated alkanes) is 1. The number of nitrogens with zero attached hydrogens (tertiary/aromatic N) is 3. The first-order valence-electron chi connectivity index (χ1n) is 5.70. The maximum absolute atomic E-state index is 5.43. The topological polar surface area (TPSA) is 77.8 Å². The van der Waals surface area contributed by atoms with Crippen molar-refractivity contribution in [2.45, 2.75) is 32.6 Å². The Balaban J connectivity index is 1.89. The van der Waals surface area contributed by atoms with Crippen molar-refractivity contribution in [3.8, 4) is 0 Å². The Kier molecular flexibility index (Phi) is 4.22. The molecule has 0 spiro atoms. The van der Waals surface area contributed by atoms with E-state index in [2.05, 4.69) is 15.1 Å². The third-order valence-electron chi connectivity index (χ3n) is 2.33. The summed E-state index contributed by atoms with van der Waals surface area (Å²) in [4.78, 5) is 8.71. The highest BCUT2D eigenvalue weighted by molar-refractivity contribution is 7.09. The fraction of sp³-hybridized carbons (Fsp3) is 0.545. The lowest BCUT2D eigenvalue weighted by Gasteiger charge is -1.91. The second kappa shape index (κ2) is 5.88. The number of hydrogen-bond acceptors (Lipinski definition) is 6. The Bertz CT molecular complexity index is 465. The summed E-state index contributed by atoms with van der Waals surface area (Å²) in [6, 6.07) is 0. The Hall–Kier alpha value is -1.27. The number of thiazole rings is 1. The van der Waals surface area contributed by atoms with Gasteiger partial charge in [-0.05, 0) is 26.3 Å². The molecule has 0 fully saturated rings. The van der Waals surface area contributed by atoms with Crippen LogP contribution >= 0.6 is 11.3 Å². The van der Waals surface area contributed by atoms with Gasteiger partial charge in [-0.15, -0.1) is 11.3 Å². The van der Waals surface area contributed by atoms with Crippen LogP contribution in [0, 0.1) is 6.92 Å². The molecule has 0 aromatic carbocycles. The van der Waals surface area contributed by atoms with Crippen LogP contribution in [0.1, 0.15) is 35.3 Å². The van der Waals surface area contributed by atoms with Crippen molar-refractivity contribution in [3.05, 3.63) is 27.8 Å². The van der Waals surface area contributed by atoms with Gasteiger partial charge in [0.1, 0.15) is 5.01 Å². The van der Waals surface area contributed by atoms with E-state index in [1.54, 1.807) is 11.3 Å². The molecule has 17 heavy (non-hydrogen) atoms. The first-order chi connectivity index (χ1) is 8.28. The Morgan fingerprint density at radius 1 is 1.35 bits per heavy atom. The van der Waals surface area contributed by atoms with Gasteiger partial charge in [0.2, 0.25) is 5.89 Å². The summed E-state index contributed by atoms with van der Waals surface area (Å²) in [7, 11) is 0. The van der Waals surface area contributed by atoms with Gasteiger partial charge in [0.25, 0.3) is 0 Å². The number of nitrogens with two attached hydrogens (primary N) is 1. The zero-order valence-electron chi connectivity index (χ0n) is 9.85. The quantitative estimate of drug-likeness (QED) is 0.792. The molecular weight excluding hydrogens is 236 g/mol. The van der Waals surface area contributed by atoms with Crippen LogP contribution in [0.25, 0.3) is 0 Å².